The molecule has 0 radical (unpaired) electrons. The number of aliphatic carboxylic acids is 1. The molecule has 0 heterocycles. The van der Waals surface area contributed by atoms with E-state index in [2.05, 4.69) is 9.46 Å². The zero-order valence-corrected chi connectivity index (χ0v) is 10.6. The van der Waals surface area contributed by atoms with Crippen molar-refractivity contribution in [3.05, 3.63) is 0 Å². The first-order chi connectivity index (χ1) is 7.78. The van der Waals surface area contributed by atoms with Crippen molar-refractivity contribution in [2.24, 2.45) is 0 Å². The van der Waals surface area contributed by atoms with E-state index >= 15 is 0 Å². The molecule has 0 aliphatic carbocycles. The van der Waals surface area contributed by atoms with Crippen LogP contribution in [0.5, 0.6) is 0 Å². The van der Waals surface area contributed by atoms with Gasteiger partial charge in [0.2, 0.25) is 10.0 Å². The van der Waals surface area contributed by atoms with E-state index < -0.39 is 28.0 Å². The minimum Gasteiger partial charge on any atom is -0.481 e. The lowest BCUT2D eigenvalue weighted by molar-refractivity contribution is -0.144. The predicted molar refractivity (Wildman–Crippen MR) is 59.9 cm³/mol. The van der Waals surface area contributed by atoms with Crippen LogP contribution in [-0.2, 0) is 24.3 Å². The van der Waals surface area contributed by atoms with Gasteiger partial charge in [-0.25, -0.2) is 13.1 Å². The van der Waals surface area contributed by atoms with Gasteiger partial charge in [-0.2, -0.15) is 0 Å². The maximum absolute atomic E-state index is 11.4. The summed E-state index contributed by atoms with van der Waals surface area (Å²) in [6, 6.07) is -0.968. The van der Waals surface area contributed by atoms with E-state index in [-0.39, 0.29) is 25.2 Å². The highest BCUT2D eigenvalue weighted by molar-refractivity contribution is 7.89. The molecule has 0 spiro atoms. The van der Waals surface area contributed by atoms with Gasteiger partial charge >= 0.3 is 11.9 Å². The summed E-state index contributed by atoms with van der Waals surface area (Å²) >= 11 is 0. The van der Waals surface area contributed by atoms with Crippen LogP contribution in [0.2, 0.25) is 0 Å². The first kappa shape index (κ1) is 15.9. The summed E-state index contributed by atoms with van der Waals surface area (Å²) in [5, 5.41) is 8.36. The largest absolute Gasteiger partial charge is 0.481 e. The molecule has 0 aromatic carbocycles. The Morgan fingerprint density at radius 3 is 2.47 bits per heavy atom. The molecular weight excluding hydrogens is 250 g/mol. The Morgan fingerprint density at radius 2 is 2.00 bits per heavy atom. The SMILES string of the molecule is CCOC(=O)C(C)NS(=O)(=O)CCCC(=O)O. The lowest BCUT2D eigenvalue weighted by Gasteiger charge is -2.12. The Kier molecular flexibility index (Phi) is 6.74. The molecule has 0 aromatic heterocycles. The van der Waals surface area contributed by atoms with Crippen LogP contribution in [0.1, 0.15) is 26.7 Å². The van der Waals surface area contributed by atoms with Crippen LogP contribution in [0.25, 0.3) is 0 Å². The number of sulfonamides is 1. The van der Waals surface area contributed by atoms with Crippen LogP contribution in [0.15, 0.2) is 0 Å². The van der Waals surface area contributed by atoms with Crippen molar-refractivity contribution >= 4 is 22.0 Å². The van der Waals surface area contributed by atoms with E-state index in [1.54, 1.807) is 6.92 Å². The van der Waals surface area contributed by atoms with Crippen LogP contribution in [0, 0.1) is 0 Å². The van der Waals surface area contributed by atoms with Crippen LogP contribution in [0.4, 0.5) is 0 Å². The number of carbonyl (C=O) groups excluding carboxylic acids is 1. The van der Waals surface area contributed by atoms with Gasteiger partial charge in [0.05, 0.1) is 12.4 Å². The van der Waals surface area contributed by atoms with Crippen LogP contribution < -0.4 is 4.72 Å². The molecule has 8 heteroatoms. The van der Waals surface area contributed by atoms with Crippen molar-refractivity contribution in [1.29, 1.82) is 0 Å². The number of nitrogens with one attached hydrogen (secondary N) is 1. The number of rotatable bonds is 8. The fourth-order valence-electron chi connectivity index (χ4n) is 1.06. The summed E-state index contributed by atoms with van der Waals surface area (Å²) in [5.41, 5.74) is 0. The highest BCUT2D eigenvalue weighted by Crippen LogP contribution is 1.98. The van der Waals surface area contributed by atoms with Gasteiger partial charge in [-0.3, -0.25) is 9.59 Å². The molecule has 0 rings (SSSR count). The molecule has 0 fully saturated rings. The number of hydrogen-bond donors (Lipinski definition) is 2. The Balaban J connectivity index is 4.16. The van der Waals surface area contributed by atoms with E-state index in [1.807, 2.05) is 0 Å². The van der Waals surface area contributed by atoms with E-state index in [9.17, 15) is 18.0 Å². The minimum absolute atomic E-state index is 0.000210. The third-order valence-electron chi connectivity index (χ3n) is 1.80. The van der Waals surface area contributed by atoms with Gasteiger partial charge in [0.15, 0.2) is 0 Å². The summed E-state index contributed by atoms with van der Waals surface area (Å²) in [5.74, 6) is -2.05. The van der Waals surface area contributed by atoms with E-state index in [0.29, 0.717) is 0 Å². The second-order valence-corrected chi connectivity index (χ2v) is 5.28. The third kappa shape index (κ3) is 7.70. The van der Waals surface area contributed by atoms with Gasteiger partial charge in [0, 0.05) is 6.42 Å². The lowest BCUT2D eigenvalue weighted by Crippen LogP contribution is -2.40. The molecule has 0 bridgehead atoms. The summed E-state index contributed by atoms with van der Waals surface area (Å²) in [6.07, 6.45) is -0.227. The first-order valence-electron chi connectivity index (χ1n) is 5.17. The number of carbonyl (C=O) groups is 2. The quantitative estimate of drug-likeness (QED) is 0.585. The number of ether oxygens (including phenoxy) is 1. The highest BCUT2D eigenvalue weighted by Gasteiger charge is 2.20. The molecule has 0 saturated heterocycles. The van der Waals surface area contributed by atoms with Crippen molar-refractivity contribution in [3.8, 4) is 0 Å². The molecule has 100 valence electrons. The summed E-state index contributed by atoms with van der Waals surface area (Å²) < 4.78 is 29.6. The molecule has 2 N–H and O–H groups in total. The Morgan fingerprint density at radius 1 is 1.41 bits per heavy atom. The number of carboxylic acid groups (broad SMARTS) is 1. The highest BCUT2D eigenvalue weighted by atomic mass is 32.2. The number of esters is 1. The fraction of sp³-hybridized carbons (Fsp3) is 0.778. The lowest BCUT2D eigenvalue weighted by atomic mass is 10.3. The maximum Gasteiger partial charge on any atom is 0.323 e. The molecule has 17 heavy (non-hydrogen) atoms. The van der Waals surface area contributed by atoms with Gasteiger partial charge in [0.1, 0.15) is 6.04 Å². The fourth-order valence-corrected chi connectivity index (χ4v) is 2.33. The molecule has 0 aliphatic heterocycles. The van der Waals surface area contributed by atoms with Crippen molar-refractivity contribution in [3.63, 3.8) is 0 Å². The topological polar surface area (TPSA) is 110 Å². The Labute approximate surface area is 100 Å². The Hall–Kier alpha value is -1.15. The summed E-state index contributed by atoms with van der Waals surface area (Å²) in [6.45, 7) is 3.16. The molecule has 0 aromatic rings. The van der Waals surface area contributed by atoms with Gasteiger partial charge in [-0.1, -0.05) is 0 Å². The smallest absolute Gasteiger partial charge is 0.323 e. The van der Waals surface area contributed by atoms with Gasteiger partial charge < -0.3 is 9.84 Å². The van der Waals surface area contributed by atoms with E-state index in [0.717, 1.165) is 0 Å². The molecule has 0 aliphatic rings. The zero-order chi connectivity index (χ0) is 13.5. The molecule has 7 nitrogen and oxygen atoms in total. The predicted octanol–water partition coefficient (Wildman–Crippen LogP) is -0.278. The van der Waals surface area contributed by atoms with Gasteiger partial charge in [-0.05, 0) is 20.3 Å². The number of carboxylic acids is 1. The van der Waals surface area contributed by atoms with Crippen molar-refractivity contribution in [2.75, 3.05) is 12.4 Å². The third-order valence-corrected chi connectivity index (χ3v) is 3.34. The number of hydrogen-bond acceptors (Lipinski definition) is 5. The van der Waals surface area contributed by atoms with Crippen LogP contribution in [-0.4, -0.2) is 43.9 Å². The normalized spacial score (nSPS) is 13.1. The minimum atomic E-state index is -3.65. The van der Waals surface area contributed by atoms with Crippen molar-refractivity contribution in [1.82, 2.24) is 4.72 Å². The molecular formula is C9H17NO6S. The van der Waals surface area contributed by atoms with E-state index in [1.165, 1.54) is 6.92 Å². The summed E-state index contributed by atoms with van der Waals surface area (Å²) in [7, 11) is -3.65. The van der Waals surface area contributed by atoms with Gasteiger partial charge in [-0.15, -0.1) is 0 Å². The van der Waals surface area contributed by atoms with Crippen LogP contribution in [0.3, 0.4) is 0 Å². The molecule has 1 unspecified atom stereocenters. The first-order valence-corrected chi connectivity index (χ1v) is 6.82. The average Bonchev–Trinajstić information content (AvgIpc) is 2.16. The van der Waals surface area contributed by atoms with Crippen molar-refractivity contribution in [2.45, 2.75) is 32.7 Å². The summed E-state index contributed by atoms with van der Waals surface area (Å²) in [4.78, 5) is 21.4. The average molecular weight is 267 g/mol. The van der Waals surface area contributed by atoms with E-state index in [4.69, 9.17) is 5.11 Å². The molecule has 1 atom stereocenters. The van der Waals surface area contributed by atoms with Crippen molar-refractivity contribution < 1.29 is 27.9 Å². The molecule has 0 saturated carbocycles. The van der Waals surface area contributed by atoms with Gasteiger partial charge in [0.25, 0.3) is 0 Å². The second kappa shape index (κ2) is 7.23. The monoisotopic (exact) mass is 267 g/mol. The maximum atomic E-state index is 11.4. The van der Waals surface area contributed by atoms with Crippen LogP contribution >= 0.6 is 0 Å². The molecule has 0 amide bonds. The Bertz CT molecular complexity index is 364. The zero-order valence-electron chi connectivity index (χ0n) is 9.80. The standard InChI is InChI=1S/C9H17NO6S/c1-3-16-9(13)7(2)10-17(14,15)6-4-5-8(11)12/h7,10H,3-6H2,1-2H3,(H,11,12). The second-order valence-electron chi connectivity index (χ2n) is 3.41.